The third-order valence-electron chi connectivity index (χ3n) is 1.44. The van der Waals surface area contributed by atoms with Gasteiger partial charge in [0.1, 0.15) is 10.7 Å². The smallest absolute Gasteiger partial charge is 0.143 e. The maximum atomic E-state index is 5.49. The Morgan fingerprint density at radius 2 is 2.25 bits per heavy atom. The summed E-state index contributed by atoms with van der Waals surface area (Å²) in [5.41, 5.74) is 6.24. The molecule has 0 saturated heterocycles. The van der Waals surface area contributed by atoms with Gasteiger partial charge in [-0.15, -0.1) is 0 Å². The van der Waals surface area contributed by atoms with Gasteiger partial charge in [0, 0.05) is 0 Å². The standard InChI is InChI=1S/C8H8BrNOS/c1-11-7-5(8(10)12)3-2-4-6(7)9/h2-4H,1H3,(H2,10,12). The highest BCUT2D eigenvalue weighted by atomic mass is 79.9. The van der Waals surface area contributed by atoms with Crippen LogP contribution in [0.1, 0.15) is 5.56 Å². The molecule has 0 aliphatic heterocycles. The van der Waals surface area contributed by atoms with Gasteiger partial charge in [-0.1, -0.05) is 18.3 Å². The molecule has 0 heterocycles. The van der Waals surface area contributed by atoms with E-state index in [1.807, 2.05) is 18.2 Å². The van der Waals surface area contributed by atoms with E-state index in [1.165, 1.54) is 0 Å². The summed E-state index contributed by atoms with van der Waals surface area (Å²) in [7, 11) is 1.59. The summed E-state index contributed by atoms with van der Waals surface area (Å²) in [6, 6.07) is 5.56. The lowest BCUT2D eigenvalue weighted by Crippen LogP contribution is -2.10. The maximum absolute atomic E-state index is 5.49. The number of para-hydroxylation sites is 1. The number of nitrogens with two attached hydrogens (primary N) is 1. The number of benzene rings is 1. The minimum Gasteiger partial charge on any atom is -0.495 e. The summed E-state index contributed by atoms with van der Waals surface area (Å²) in [5, 5.41) is 0. The Hall–Kier alpha value is -0.610. The second kappa shape index (κ2) is 3.87. The summed E-state index contributed by atoms with van der Waals surface area (Å²) in [6.45, 7) is 0. The second-order valence-corrected chi connectivity index (χ2v) is 3.48. The molecule has 64 valence electrons. The highest BCUT2D eigenvalue weighted by Gasteiger charge is 2.07. The van der Waals surface area contributed by atoms with Crippen LogP contribution >= 0.6 is 28.1 Å². The number of thiocarbonyl (C=S) groups is 1. The molecule has 4 heteroatoms. The van der Waals surface area contributed by atoms with Crippen molar-refractivity contribution >= 4 is 33.1 Å². The van der Waals surface area contributed by atoms with E-state index in [2.05, 4.69) is 15.9 Å². The van der Waals surface area contributed by atoms with Crippen molar-refractivity contribution in [3.05, 3.63) is 28.2 Å². The molecule has 0 fully saturated rings. The molecule has 1 aromatic carbocycles. The normalized spacial score (nSPS) is 9.50. The van der Waals surface area contributed by atoms with Gasteiger partial charge in [-0.25, -0.2) is 0 Å². The fourth-order valence-corrected chi connectivity index (χ4v) is 1.60. The molecule has 2 nitrogen and oxygen atoms in total. The number of methoxy groups -OCH3 is 1. The van der Waals surface area contributed by atoms with Gasteiger partial charge in [-0.2, -0.15) is 0 Å². The van der Waals surface area contributed by atoms with Crippen LogP contribution in [0.4, 0.5) is 0 Å². The van der Waals surface area contributed by atoms with E-state index in [1.54, 1.807) is 7.11 Å². The summed E-state index contributed by atoms with van der Waals surface area (Å²) < 4.78 is 5.98. The van der Waals surface area contributed by atoms with E-state index in [4.69, 9.17) is 22.7 Å². The van der Waals surface area contributed by atoms with Crippen molar-refractivity contribution in [2.24, 2.45) is 5.73 Å². The number of ether oxygens (including phenoxy) is 1. The molecule has 12 heavy (non-hydrogen) atoms. The Kier molecular flexibility index (Phi) is 3.05. The first-order valence-corrected chi connectivity index (χ1v) is 4.49. The maximum Gasteiger partial charge on any atom is 0.143 e. The minimum atomic E-state index is 0.341. The van der Waals surface area contributed by atoms with E-state index >= 15 is 0 Å². The second-order valence-electron chi connectivity index (χ2n) is 2.18. The fourth-order valence-electron chi connectivity index (χ4n) is 0.910. The molecule has 1 rings (SSSR count). The van der Waals surface area contributed by atoms with E-state index < -0.39 is 0 Å². The van der Waals surface area contributed by atoms with Gasteiger partial charge in [0.05, 0.1) is 17.1 Å². The van der Waals surface area contributed by atoms with Crippen LogP contribution in [0, 0.1) is 0 Å². The molecule has 1 aromatic rings. The molecule has 0 unspecified atom stereocenters. The van der Waals surface area contributed by atoms with Crippen molar-refractivity contribution < 1.29 is 4.74 Å². The van der Waals surface area contributed by atoms with E-state index in [0.717, 1.165) is 10.0 Å². The molecule has 2 N–H and O–H groups in total. The van der Waals surface area contributed by atoms with Crippen LogP contribution in [0.15, 0.2) is 22.7 Å². The molecule has 0 aliphatic carbocycles. The Morgan fingerprint density at radius 1 is 1.58 bits per heavy atom. The summed E-state index contributed by atoms with van der Waals surface area (Å²) in [6.07, 6.45) is 0. The quantitative estimate of drug-likeness (QED) is 0.811. The van der Waals surface area contributed by atoms with Crippen LogP contribution in [0.25, 0.3) is 0 Å². The molecule has 0 amide bonds. The topological polar surface area (TPSA) is 35.2 Å². The zero-order valence-corrected chi connectivity index (χ0v) is 8.91. The van der Waals surface area contributed by atoms with Crippen molar-refractivity contribution in [2.45, 2.75) is 0 Å². The average molecular weight is 246 g/mol. The van der Waals surface area contributed by atoms with Crippen LogP contribution in [0.5, 0.6) is 5.75 Å². The molecule has 0 aromatic heterocycles. The first kappa shape index (κ1) is 9.48. The third-order valence-corrected chi connectivity index (χ3v) is 2.28. The summed E-state index contributed by atoms with van der Waals surface area (Å²) >= 11 is 8.19. The SMILES string of the molecule is COc1c(Br)cccc1C(N)=S. The molecular weight excluding hydrogens is 238 g/mol. The third kappa shape index (κ3) is 1.76. The average Bonchev–Trinajstić information content (AvgIpc) is 2.03. The van der Waals surface area contributed by atoms with E-state index in [-0.39, 0.29) is 0 Å². The monoisotopic (exact) mass is 245 g/mol. The number of hydrogen-bond acceptors (Lipinski definition) is 2. The largest absolute Gasteiger partial charge is 0.495 e. The van der Waals surface area contributed by atoms with Crippen molar-refractivity contribution in [3.8, 4) is 5.75 Å². The Labute approximate surface area is 84.8 Å². The Morgan fingerprint density at radius 3 is 2.67 bits per heavy atom. The first-order valence-electron chi connectivity index (χ1n) is 3.29. The molecule has 0 aliphatic rings. The lowest BCUT2D eigenvalue weighted by molar-refractivity contribution is 0.411. The van der Waals surface area contributed by atoms with E-state index in [0.29, 0.717) is 10.7 Å². The first-order chi connectivity index (χ1) is 5.66. The van der Waals surface area contributed by atoms with Crippen molar-refractivity contribution in [1.82, 2.24) is 0 Å². The van der Waals surface area contributed by atoms with Gasteiger partial charge in [-0.3, -0.25) is 0 Å². The number of halogens is 1. The Balaban J connectivity index is 3.27. The highest BCUT2D eigenvalue weighted by molar-refractivity contribution is 9.10. The van der Waals surface area contributed by atoms with Crippen LogP contribution in [-0.4, -0.2) is 12.1 Å². The fraction of sp³-hybridized carbons (Fsp3) is 0.125. The predicted octanol–water partition coefficient (Wildman–Crippen LogP) is 2.09. The minimum absolute atomic E-state index is 0.341. The zero-order chi connectivity index (χ0) is 9.14. The number of hydrogen-bond donors (Lipinski definition) is 1. The van der Waals surface area contributed by atoms with Gasteiger partial charge in [0.15, 0.2) is 0 Å². The van der Waals surface area contributed by atoms with Crippen LogP contribution < -0.4 is 10.5 Å². The summed E-state index contributed by atoms with van der Waals surface area (Å²) in [4.78, 5) is 0.341. The van der Waals surface area contributed by atoms with Crippen molar-refractivity contribution in [3.63, 3.8) is 0 Å². The van der Waals surface area contributed by atoms with Gasteiger partial charge in [-0.05, 0) is 28.1 Å². The molecule has 0 saturated carbocycles. The van der Waals surface area contributed by atoms with Gasteiger partial charge < -0.3 is 10.5 Å². The van der Waals surface area contributed by atoms with Gasteiger partial charge in [0.25, 0.3) is 0 Å². The van der Waals surface area contributed by atoms with Crippen LogP contribution in [0.3, 0.4) is 0 Å². The van der Waals surface area contributed by atoms with Crippen molar-refractivity contribution in [2.75, 3.05) is 7.11 Å². The highest BCUT2D eigenvalue weighted by Crippen LogP contribution is 2.28. The molecule has 0 radical (unpaired) electrons. The van der Waals surface area contributed by atoms with Gasteiger partial charge in [0.2, 0.25) is 0 Å². The van der Waals surface area contributed by atoms with Crippen molar-refractivity contribution in [1.29, 1.82) is 0 Å². The van der Waals surface area contributed by atoms with Crippen LogP contribution in [0.2, 0.25) is 0 Å². The molecular formula is C8H8BrNOS. The van der Waals surface area contributed by atoms with Gasteiger partial charge >= 0.3 is 0 Å². The lowest BCUT2D eigenvalue weighted by atomic mass is 10.2. The molecule has 0 spiro atoms. The molecule has 0 bridgehead atoms. The molecule has 0 atom stereocenters. The van der Waals surface area contributed by atoms with E-state index in [9.17, 15) is 0 Å². The lowest BCUT2D eigenvalue weighted by Gasteiger charge is -2.07. The number of rotatable bonds is 2. The van der Waals surface area contributed by atoms with Crippen LogP contribution in [-0.2, 0) is 0 Å². The Bertz CT molecular complexity index is 314. The zero-order valence-electron chi connectivity index (χ0n) is 6.50. The summed E-state index contributed by atoms with van der Waals surface area (Å²) in [5.74, 6) is 0.685. The predicted molar refractivity (Wildman–Crippen MR) is 56.6 cm³/mol.